The molecule has 1 aromatic carbocycles. The van der Waals surface area contributed by atoms with Gasteiger partial charge >= 0.3 is 5.97 Å². The SMILES string of the molecule is Cc1oc2ccccc2c1CN1CCOCC1CC(=O)O. The van der Waals surface area contributed by atoms with Crippen LogP contribution in [0.25, 0.3) is 11.0 Å². The molecule has 1 saturated heterocycles. The molecule has 2 aromatic rings. The van der Waals surface area contributed by atoms with E-state index in [9.17, 15) is 4.79 Å². The van der Waals surface area contributed by atoms with E-state index in [1.807, 2.05) is 31.2 Å². The fourth-order valence-electron chi connectivity index (χ4n) is 2.91. The second-order valence-corrected chi connectivity index (χ2v) is 5.43. The molecule has 1 atom stereocenters. The molecule has 0 radical (unpaired) electrons. The van der Waals surface area contributed by atoms with Crippen molar-refractivity contribution in [3.63, 3.8) is 0 Å². The second kappa shape index (κ2) is 5.87. The number of hydrogen-bond donors (Lipinski definition) is 1. The monoisotopic (exact) mass is 289 g/mol. The molecule has 0 saturated carbocycles. The summed E-state index contributed by atoms with van der Waals surface area (Å²) in [6, 6.07) is 7.88. The van der Waals surface area contributed by atoms with Gasteiger partial charge in [0.05, 0.1) is 19.6 Å². The van der Waals surface area contributed by atoms with Gasteiger partial charge in [-0.05, 0) is 13.0 Å². The first-order valence-corrected chi connectivity index (χ1v) is 7.15. The molecule has 5 nitrogen and oxygen atoms in total. The average molecular weight is 289 g/mol. The fraction of sp³-hybridized carbons (Fsp3) is 0.438. The van der Waals surface area contributed by atoms with E-state index >= 15 is 0 Å². The largest absolute Gasteiger partial charge is 0.481 e. The van der Waals surface area contributed by atoms with E-state index in [1.54, 1.807) is 0 Å². The summed E-state index contributed by atoms with van der Waals surface area (Å²) in [5.74, 6) is 0.112. The van der Waals surface area contributed by atoms with Crippen LogP contribution in [0, 0.1) is 6.92 Å². The van der Waals surface area contributed by atoms with Crippen molar-refractivity contribution in [3.8, 4) is 0 Å². The molecule has 1 N–H and O–H groups in total. The van der Waals surface area contributed by atoms with E-state index in [4.69, 9.17) is 14.3 Å². The van der Waals surface area contributed by atoms with Crippen molar-refractivity contribution in [2.24, 2.45) is 0 Å². The second-order valence-electron chi connectivity index (χ2n) is 5.43. The van der Waals surface area contributed by atoms with Crippen molar-refractivity contribution in [2.75, 3.05) is 19.8 Å². The molecular weight excluding hydrogens is 270 g/mol. The van der Waals surface area contributed by atoms with E-state index in [-0.39, 0.29) is 12.5 Å². The Morgan fingerprint density at radius 1 is 1.43 bits per heavy atom. The maximum Gasteiger partial charge on any atom is 0.305 e. The van der Waals surface area contributed by atoms with Gasteiger partial charge in [-0.25, -0.2) is 0 Å². The highest BCUT2D eigenvalue weighted by Crippen LogP contribution is 2.27. The molecule has 2 heterocycles. The summed E-state index contributed by atoms with van der Waals surface area (Å²) < 4.78 is 11.2. The fourth-order valence-corrected chi connectivity index (χ4v) is 2.91. The number of carbonyl (C=O) groups is 1. The van der Waals surface area contributed by atoms with Gasteiger partial charge in [0, 0.05) is 30.1 Å². The van der Waals surface area contributed by atoms with Crippen LogP contribution in [-0.2, 0) is 16.1 Å². The molecule has 0 aliphatic carbocycles. The number of aryl methyl sites for hydroxylation is 1. The number of morpholine rings is 1. The van der Waals surface area contributed by atoms with E-state index < -0.39 is 5.97 Å². The summed E-state index contributed by atoms with van der Waals surface area (Å²) in [6.45, 7) is 4.52. The van der Waals surface area contributed by atoms with E-state index in [1.165, 1.54) is 0 Å². The molecule has 5 heteroatoms. The van der Waals surface area contributed by atoms with Gasteiger partial charge in [0.1, 0.15) is 11.3 Å². The summed E-state index contributed by atoms with van der Waals surface area (Å²) in [6.07, 6.45) is 0.106. The summed E-state index contributed by atoms with van der Waals surface area (Å²) in [7, 11) is 0. The molecule has 1 aliphatic rings. The van der Waals surface area contributed by atoms with Gasteiger partial charge in [0.25, 0.3) is 0 Å². The Bertz CT molecular complexity index is 649. The van der Waals surface area contributed by atoms with Crippen molar-refractivity contribution in [1.29, 1.82) is 0 Å². The van der Waals surface area contributed by atoms with Gasteiger partial charge in [-0.3, -0.25) is 9.69 Å². The number of ether oxygens (including phenoxy) is 1. The zero-order valence-electron chi connectivity index (χ0n) is 12.0. The minimum atomic E-state index is -0.788. The average Bonchev–Trinajstić information content (AvgIpc) is 2.77. The molecule has 1 aliphatic heterocycles. The number of carboxylic acid groups (broad SMARTS) is 1. The first kappa shape index (κ1) is 14.1. The summed E-state index contributed by atoms with van der Waals surface area (Å²) >= 11 is 0. The quantitative estimate of drug-likeness (QED) is 0.936. The standard InChI is InChI=1S/C16H19NO4/c1-11-14(13-4-2-3-5-15(13)21-11)9-17-6-7-20-10-12(17)8-16(18)19/h2-5,12H,6-10H2,1H3,(H,18,19). The predicted molar refractivity (Wildman–Crippen MR) is 78.2 cm³/mol. The Morgan fingerprint density at radius 2 is 2.24 bits per heavy atom. The highest BCUT2D eigenvalue weighted by molar-refractivity contribution is 5.82. The number of benzene rings is 1. The third-order valence-corrected chi connectivity index (χ3v) is 4.02. The third-order valence-electron chi connectivity index (χ3n) is 4.02. The highest BCUT2D eigenvalue weighted by atomic mass is 16.5. The van der Waals surface area contributed by atoms with Gasteiger partial charge in [-0.2, -0.15) is 0 Å². The minimum absolute atomic E-state index is 0.0793. The Kier molecular flexibility index (Phi) is 3.94. The summed E-state index contributed by atoms with van der Waals surface area (Å²) in [5.41, 5.74) is 2.02. The third kappa shape index (κ3) is 2.94. The van der Waals surface area contributed by atoms with Crippen LogP contribution in [0.3, 0.4) is 0 Å². The Morgan fingerprint density at radius 3 is 3.05 bits per heavy atom. The van der Waals surface area contributed by atoms with Crippen molar-refractivity contribution >= 4 is 16.9 Å². The zero-order chi connectivity index (χ0) is 14.8. The zero-order valence-corrected chi connectivity index (χ0v) is 12.0. The number of furan rings is 1. The van der Waals surface area contributed by atoms with Crippen LogP contribution >= 0.6 is 0 Å². The number of rotatable bonds is 4. The Balaban J connectivity index is 1.85. The molecule has 3 rings (SSSR count). The molecule has 1 fully saturated rings. The van der Waals surface area contributed by atoms with Crippen LogP contribution in [0.5, 0.6) is 0 Å². The predicted octanol–water partition coefficient (Wildman–Crippen LogP) is 2.42. The van der Waals surface area contributed by atoms with Gasteiger partial charge in [0.15, 0.2) is 0 Å². The molecule has 21 heavy (non-hydrogen) atoms. The van der Waals surface area contributed by atoms with Crippen molar-refractivity contribution in [2.45, 2.75) is 25.9 Å². The van der Waals surface area contributed by atoms with Gasteiger partial charge < -0.3 is 14.3 Å². The number of fused-ring (bicyclic) bond motifs is 1. The lowest BCUT2D eigenvalue weighted by Gasteiger charge is -2.34. The normalized spacial score (nSPS) is 20.0. The number of hydrogen-bond acceptors (Lipinski definition) is 4. The van der Waals surface area contributed by atoms with Crippen LogP contribution in [0.1, 0.15) is 17.7 Å². The molecule has 112 valence electrons. The van der Waals surface area contributed by atoms with E-state index in [0.717, 1.165) is 28.8 Å². The smallest absolute Gasteiger partial charge is 0.305 e. The number of aliphatic carboxylic acids is 1. The molecule has 1 unspecified atom stereocenters. The van der Waals surface area contributed by atoms with Crippen LogP contribution in [0.15, 0.2) is 28.7 Å². The molecule has 0 amide bonds. The maximum absolute atomic E-state index is 11.0. The van der Waals surface area contributed by atoms with Crippen LogP contribution in [-0.4, -0.2) is 41.8 Å². The lowest BCUT2D eigenvalue weighted by molar-refractivity contribution is -0.140. The molecule has 0 spiro atoms. The topological polar surface area (TPSA) is 62.9 Å². The lowest BCUT2D eigenvalue weighted by atomic mass is 10.1. The number of para-hydroxylation sites is 1. The van der Waals surface area contributed by atoms with Gasteiger partial charge in [-0.15, -0.1) is 0 Å². The van der Waals surface area contributed by atoms with E-state index in [2.05, 4.69) is 4.90 Å². The minimum Gasteiger partial charge on any atom is -0.481 e. The Hall–Kier alpha value is -1.85. The number of carboxylic acids is 1. The van der Waals surface area contributed by atoms with Crippen LogP contribution < -0.4 is 0 Å². The van der Waals surface area contributed by atoms with Crippen LogP contribution in [0.2, 0.25) is 0 Å². The van der Waals surface area contributed by atoms with Crippen molar-refractivity contribution < 1.29 is 19.1 Å². The van der Waals surface area contributed by atoms with E-state index in [0.29, 0.717) is 19.8 Å². The first-order chi connectivity index (χ1) is 10.1. The summed E-state index contributed by atoms with van der Waals surface area (Å²) in [5, 5.41) is 10.1. The number of nitrogens with zero attached hydrogens (tertiary/aromatic N) is 1. The van der Waals surface area contributed by atoms with Crippen molar-refractivity contribution in [1.82, 2.24) is 4.90 Å². The highest BCUT2D eigenvalue weighted by Gasteiger charge is 2.26. The van der Waals surface area contributed by atoms with Gasteiger partial charge in [-0.1, -0.05) is 18.2 Å². The molecule has 1 aromatic heterocycles. The van der Waals surface area contributed by atoms with Gasteiger partial charge in [0.2, 0.25) is 0 Å². The first-order valence-electron chi connectivity index (χ1n) is 7.15. The summed E-state index contributed by atoms with van der Waals surface area (Å²) in [4.78, 5) is 13.2. The maximum atomic E-state index is 11.0. The Labute approximate surface area is 123 Å². The van der Waals surface area contributed by atoms with Crippen molar-refractivity contribution in [3.05, 3.63) is 35.6 Å². The van der Waals surface area contributed by atoms with Crippen LogP contribution in [0.4, 0.5) is 0 Å². The lowest BCUT2D eigenvalue weighted by Crippen LogP contribution is -2.45. The molecule has 0 bridgehead atoms. The molecular formula is C16H19NO4.